The average molecular weight is 348 g/mol. The van der Waals surface area contributed by atoms with Gasteiger partial charge in [0.2, 0.25) is 0 Å². The normalized spacial score (nSPS) is 42.9. The van der Waals surface area contributed by atoms with Crippen LogP contribution in [0.25, 0.3) is 0 Å². The minimum Gasteiger partial charge on any atom is -0.461 e. The van der Waals surface area contributed by atoms with E-state index < -0.39 is 47.2 Å². The highest BCUT2D eigenvalue weighted by Crippen LogP contribution is 2.53. The summed E-state index contributed by atoms with van der Waals surface area (Å²) in [5, 5.41) is 21.9. The topological polar surface area (TPSA) is 93.1 Å². The Morgan fingerprint density at radius 3 is 2.60 bits per heavy atom. The van der Waals surface area contributed by atoms with Crippen molar-refractivity contribution in [3.05, 3.63) is 36.5 Å². The van der Waals surface area contributed by atoms with Crippen molar-refractivity contribution < 1.29 is 29.3 Å². The first-order chi connectivity index (χ1) is 11.5. The zero-order valence-corrected chi connectivity index (χ0v) is 14.7. The minimum absolute atomic E-state index is 0.155. The molecule has 0 aromatic heterocycles. The molecule has 6 nitrogen and oxygen atoms in total. The standard InChI is InChI=1S/C19H24O6/c1-9(2)16(20)24-12-8-10(3)19(23)7-6-18(5,22)15(19)14-13(12)11(4)17(21)25-14/h6-7,9,12-15,22-23H,3-4,8H2,1-2,5H3/t12-,13-,14+,15+,18-,19+/m1/s1. The summed E-state index contributed by atoms with van der Waals surface area (Å²) in [5.74, 6) is -2.84. The summed E-state index contributed by atoms with van der Waals surface area (Å²) < 4.78 is 11.1. The summed E-state index contributed by atoms with van der Waals surface area (Å²) >= 11 is 0. The first-order valence-corrected chi connectivity index (χ1v) is 8.42. The number of hydrogen-bond donors (Lipinski definition) is 2. The molecule has 0 radical (unpaired) electrons. The predicted octanol–water partition coefficient (Wildman–Crippen LogP) is 1.28. The van der Waals surface area contributed by atoms with E-state index in [1.165, 1.54) is 12.2 Å². The Labute approximate surface area is 146 Å². The van der Waals surface area contributed by atoms with Crippen LogP contribution in [-0.4, -0.2) is 45.6 Å². The van der Waals surface area contributed by atoms with E-state index in [2.05, 4.69) is 13.2 Å². The van der Waals surface area contributed by atoms with Crippen molar-refractivity contribution in [1.82, 2.24) is 0 Å². The van der Waals surface area contributed by atoms with Crippen LogP contribution in [0.1, 0.15) is 27.2 Å². The summed E-state index contributed by atoms with van der Waals surface area (Å²) in [6.07, 6.45) is 1.54. The van der Waals surface area contributed by atoms with Gasteiger partial charge in [0.25, 0.3) is 0 Å². The highest BCUT2D eigenvalue weighted by Gasteiger charge is 2.63. The Kier molecular flexibility index (Phi) is 3.96. The molecule has 6 atom stereocenters. The summed E-state index contributed by atoms with van der Waals surface area (Å²) in [7, 11) is 0. The molecule has 3 aliphatic rings. The molecule has 0 aromatic rings. The molecule has 136 valence electrons. The second-order valence-corrected chi connectivity index (χ2v) is 7.72. The summed E-state index contributed by atoms with van der Waals surface area (Å²) in [5.41, 5.74) is -2.35. The van der Waals surface area contributed by atoms with E-state index in [9.17, 15) is 19.8 Å². The number of fused-ring (bicyclic) bond motifs is 3. The molecule has 0 spiro atoms. The van der Waals surface area contributed by atoms with Crippen molar-refractivity contribution in [2.24, 2.45) is 17.8 Å². The van der Waals surface area contributed by atoms with Gasteiger partial charge in [-0.05, 0) is 18.6 Å². The zero-order chi connectivity index (χ0) is 18.7. The van der Waals surface area contributed by atoms with Crippen LogP contribution in [0.4, 0.5) is 0 Å². The lowest BCUT2D eigenvalue weighted by atomic mass is 9.73. The predicted molar refractivity (Wildman–Crippen MR) is 89.2 cm³/mol. The number of carbonyl (C=O) groups is 2. The van der Waals surface area contributed by atoms with Gasteiger partial charge < -0.3 is 19.7 Å². The van der Waals surface area contributed by atoms with Crippen molar-refractivity contribution >= 4 is 11.9 Å². The van der Waals surface area contributed by atoms with E-state index in [-0.39, 0.29) is 17.9 Å². The van der Waals surface area contributed by atoms with Crippen molar-refractivity contribution in [2.75, 3.05) is 0 Å². The van der Waals surface area contributed by atoms with E-state index >= 15 is 0 Å². The van der Waals surface area contributed by atoms with Gasteiger partial charge in [-0.2, -0.15) is 0 Å². The molecular formula is C19H24O6. The fraction of sp³-hybridized carbons (Fsp3) is 0.579. The number of hydrogen-bond acceptors (Lipinski definition) is 6. The van der Waals surface area contributed by atoms with Gasteiger partial charge in [-0.3, -0.25) is 4.79 Å². The zero-order valence-electron chi connectivity index (χ0n) is 14.7. The van der Waals surface area contributed by atoms with Gasteiger partial charge in [0.05, 0.1) is 23.4 Å². The lowest BCUT2D eigenvalue weighted by Gasteiger charge is -2.39. The number of aliphatic hydroxyl groups is 2. The van der Waals surface area contributed by atoms with Gasteiger partial charge in [-0.25, -0.2) is 4.79 Å². The average Bonchev–Trinajstić information content (AvgIpc) is 2.89. The second kappa shape index (κ2) is 5.54. The van der Waals surface area contributed by atoms with Gasteiger partial charge in [0, 0.05) is 12.0 Å². The van der Waals surface area contributed by atoms with Crippen LogP contribution >= 0.6 is 0 Å². The number of rotatable bonds is 2. The largest absolute Gasteiger partial charge is 0.461 e. The summed E-state index contributed by atoms with van der Waals surface area (Å²) in [6.45, 7) is 12.7. The summed E-state index contributed by atoms with van der Waals surface area (Å²) in [4.78, 5) is 24.3. The minimum atomic E-state index is -1.55. The molecule has 6 heteroatoms. The van der Waals surface area contributed by atoms with Crippen molar-refractivity contribution in [3.8, 4) is 0 Å². The van der Waals surface area contributed by atoms with Crippen LogP contribution < -0.4 is 0 Å². The van der Waals surface area contributed by atoms with Crippen LogP contribution in [0.3, 0.4) is 0 Å². The Morgan fingerprint density at radius 1 is 1.36 bits per heavy atom. The van der Waals surface area contributed by atoms with Gasteiger partial charge >= 0.3 is 11.9 Å². The van der Waals surface area contributed by atoms with Gasteiger partial charge in [-0.15, -0.1) is 0 Å². The maximum absolute atomic E-state index is 12.1. The molecule has 1 saturated carbocycles. The van der Waals surface area contributed by atoms with Crippen LogP contribution in [0.5, 0.6) is 0 Å². The molecule has 0 unspecified atom stereocenters. The van der Waals surface area contributed by atoms with E-state index in [0.717, 1.165) is 0 Å². The molecule has 2 aliphatic carbocycles. The van der Waals surface area contributed by atoms with Crippen LogP contribution in [-0.2, 0) is 19.1 Å². The number of esters is 2. The van der Waals surface area contributed by atoms with Crippen molar-refractivity contribution in [3.63, 3.8) is 0 Å². The fourth-order valence-corrected chi connectivity index (χ4v) is 4.12. The smallest absolute Gasteiger partial charge is 0.334 e. The van der Waals surface area contributed by atoms with Crippen LogP contribution in [0.2, 0.25) is 0 Å². The molecule has 2 N–H and O–H groups in total. The second-order valence-electron chi connectivity index (χ2n) is 7.72. The highest BCUT2D eigenvalue weighted by atomic mass is 16.6. The molecule has 2 fully saturated rings. The van der Waals surface area contributed by atoms with E-state index in [1.54, 1.807) is 20.8 Å². The molecule has 1 saturated heterocycles. The van der Waals surface area contributed by atoms with Gasteiger partial charge in [0.15, 0.2) is 0 Å². The maximum atomic E-state index is 12.1. The lowest BCUT2D eigenvalue weighted by Crippen LogP contribution is -2.51. The van der Waals surface area contributed by atoms with Crippen LogP contribution in [0, 0.1) is 17.8 Å². The molecule has 3 rings (SSSR count). The van der Waals surface area contributed by atoms with Crippen molar-refractivity contribution in [1.29, 1.82) is 0 Å². The molecule has 0 amide bonds. The Morgan fingerprint density at radius 2 is 2.00 bits per heavy atom. The summed E-state index contributed by atoms with van der Waals surface area (Å²) in [6, 6.07) is 0. The van der Waals surface area contributed by atoms with E-state index in [4.69, 9.17) is 9.47 Å². The molecule has 1 heterocycles. The number of ether oxygens (including phenoxy) is 2. The molecular weight excluding hydrogens is 324 g/mol. The first kappa shape index (κ1) is 17.9. The fourth-order valence-electron chi connectivity index (χ4n) is 4.12. The Bertz CT molecular complexity index is 688. The van der Waals surface area contributed by atoms with Crippen molar-refractivity contribution in [2.45, 2.75) is 50.6 Å². The van der Waals surface area contributed by atoms with Crippen LogP contribution in [0.15, 0.2) is 36.5 Å². The molecule has 25 heavy (non-hydrogen) atoms. The SMILES string of the molecule is C=C1C(=O)O[C@H]2[C@H]1[C@H](OC(=O)C(C)C)CC(=C)[C@@]1(O)C=C[C@@](C)(O)[C@H]21. The first-order valence-electron chi connectivity index (χ1n) is 8.42. The quantitative estimate of drug-likeness (QED) is 0.444. The third-order valence-corrected chi connectivity index (χ3v) is 5.52. The van der Waals surface area contributed by atoms with E-state index in [1.807, 2.05) is 0 Å². The third kappa shape index (κ3) is 2.55. The monoisotopic (exact) mass is 348 g/mol. The lowest BCUT2D eigenvalue weighted by molar-refractivity contribution is -0.159. The maximum Gasteiger partial charge on any atom is 0.334 e. The highest BCUT2D eigenvalue weighted by molar-refractivity contribution is 5.91. The van der Waals surface area contributed by atoms with E-state index in [0.29, 0.717) is 5.57 Å². The van der Waals surface area contributed by atoms with Gasteiger partial charge in [0.1, 0.15) is 17.8 Å². The molecule has 1 aliphatic heterocycles. The van der Waals surface area contributed by atoms with Gasteiger partial charge in [-0.1, -0.05) is 33.1 Å². The Hall–Kier alpha value is -1.92. The Balaban J connectivity index is 2.07. The molecule has 0 aromatic carbocycles. The molecule has 0 bridgehead atoms. The number of carbonyl (C=O) groups excluding carboxylic acids is 2. The third-order valence-electron chi connectivity index (χ3n) is 5.52.